The molecule has 0 aromatic heterocycles. The zero-order valence-electron chi connectivity index (χ0n) is 15.3. The number of nitrogens with zero attached hydrogens (tertiary/aromatic N) is 1. The first kappa shape index (κ1) is 19.6. The number of aromatic hydroxyl groups is 1. The zero-order chi connectivity index (χ0) is 18.6. The first-order valence-corrected chi connectivity index (χ1v) is 7.82. The number of nitrogens with one attached hydrogen (secondary N) is 1. The summed E-state index contributed by atoms with van der Waals surface area (Å²) in [5, 5.41) is 11.0. The van der Waals surface area contributed by atoms with Crippen molar-refractivity contribution < 1.29 is 24.2 Å². The first-order chi connectivity index (χ1) is 11.0. The number of aryl methyl sites for hydroxylation is 1. The Labute approximate surface area is 142 Å². The number of hydrogen-bond donors (Lipinski definition) is 2. The standard InChI is InChI=1S/C17H26N2O5/c1-9(2)23-16(21)18-19(17(22)24-10(3)4)14-8-11(5)15(20)13(7)12(14)6/h8-10,20H,1-7H3,(H,18,21). The van der Waals surface area contributed by atoms with Gasteiger partial charge in [0.15, 0.2) is 0 Å². The lowest BCUT2D eigenvalue weighted by Crippen LogP contribution is -2.48. The third-order valence-corrected chi connectivity index (χ3v) is 3.33. The van der Waals surface area contributed by atoms with Gasteiger partial charge in [0, 0.05) is 0 Å². The maximum absolute atomic E-state index is 12.4. The van der Waals surface area contributed by atoms with Crippen LogP contribution in [0.4, 0.5) is 15.3 Å². The van der Waals surface area contributed by atoms with Crippen LogP contribution in [0.5, 0.6) is 5.75 Å². The summed E-state index contributed by atoms with van der Waals surface area (Å²) in [6, 6.07) is 1.61. The van der Waals surface area contributed by atoms with E-state index in [1.54, 1.807) is 54.5 Å². The van der Waals surface area contributed by atoms with E-state index in [-0.39, 0.29) is 18.0 Å². The minimum absolute atomic E-state index is 0.151. The molecule has 1 aromatic carbocycles. The molecule has 0 unspecified atom stereocenters. The predicted molar refractivity (Wildman–Crippen MR) is 91.2 cm³/mol. The summed E-state index contributed by atoms with van der Waals surface area (Å²) in [5.74, 6) is 0.151. The lowest BCUT2D eigenvalue weighted by Gasteiger charge is -2.26. The van der Waals surface area contributed by atoms with E-state index in [1.807, 2.05) is 0 Å². The molecule has 1 aromatic rings. The van der Waals surface area contributed by atoms with E-state index in [4.69, 9.17) is 9.47 Å². The second-order valence-corrected chi connectivity index (χ2v) is 6.14. The van der Waals surface area contributed by atoms with Gasteiger partial charge in [0.1, 0.15) is 5.75 Å². The molecule has 0 aliphatic rings. The summed E-state index contributed by atoms with van der Waals surface area (Å²) < 4.78 is 10.2. The summed E-state index contributed by atoms with van der Waals surface area (Å²) in [7, 11) is 0. The van der Waals surface area contributed by atoms with Crippen LogP contribution < -0.4 is 10.4 Å². The molecule has 0 heterocycles. The number of hydrazine groups is 1. The van der Waals surface area contributed by atoms with Crippen molar-refractivity contribution in [1.82, 2.24) is 5.43 Å². The van der Waals surface area contributed by atoms with Crippen molar-refractivity contribution >= 4 is 17.9 Å². The topological polar surface area (TPSA) is 88.1 Å². The van der Waals surface area contributed by atoms with Gasteiger partial charge in [-0.15, -0.1) is 0 Å². The summed E-state index contributed by atoms with van der Waals surface area (Å²) in [6.45, 7) is 12.0. The molecule has 0 aliphatic carbocycles. The molecule has 24 heavy (non-hydrogen) atoms. The van der Waals surface area contributed by atoms with Crippen LogP contribution in [-0.2, 0) is 9.47 Å². The molecule has 0 spiro atoms. The van der Waals surface area contributed by atoms with Gasteiger partial charge in [-0.1, -0.05) is 0 Å². The summed E-state index contributed by atoms with van der Waals surface area (Å²) >= 11 is 0. The van der Waals surface area contributed by atoms with Gasteiger partial charge in [0.05, 0.1) is 17.9 Å². The molecule has 7 heteroatoms. The SMILES string of the molecule is Cc1cc(N(NC(=O)OC(C)C)C(=O)OC(C)C)c(C)c(C)c1O. The highest BCUT2D eigenvalue weighted by atomic mass is 16.6. The molecule has 0 bridgehead atoms. The molecule has 0 radical (unpaired) electrons. The number of carbonyl (C=O) groups is 2. The number of carbonyl (C=O) groups excluding carboxylic acids is 2. The third-order valence-electron chi connectivity index (χ3n) is 3.33. The van der Waals surface area contributed by atoms with Crippen LogP contribution in [0.1, 0.15) is 44.4 Å². The fourth-order valence-electron chi connectivity index (χ4n) is 2.07. The molecule has 0 fully saturated rings. The van der Waals surface area contributed by atoms with Crippen LogP contribution in [-0.4, -0.2) is 29.5 Å². The zero-order valence-corrected chi connectivity index (χ0v) is 15.3. The van der Waals surface area contributed by atoms with Crippen LogP contribution in [0.2, 0.25) is 0 Å². The molecular formula is C17H26N2O5. The van der Waals surface area contributed by atoms with Crippen LogP contribution in [0.25, 0.3) is 0 Å². The predicted octanol–water partition coefficient (Wildman–Crippen LogP) is 3.72. The van der Waals surface area contributed by atoms with Gasteiger partial charge in [-0.05, 0) is 71.2 Å². The third kappa shape index (κ3) is 4.78. The molecule has 0 aliphatic heterocycles. The molecule has 2 N–H and O–H groups in total. The molecular weight excluding hydrogens is 312 g/mol. The first-order valence-electron chi connectivity index (χ1n) is 7.82. The normalized spacial score (nSPS) is 10.7. The Balaban J connectivity index is 3.27. The van der Waals surface area contributed by atoms with Crippen LogP contribution >= 0.6 is 0 Å². The Kier molecular flexibility index (Phi) is 6.45. The fraction of sp³-hybridized carbons (Fsp3) is 0.529. The van der Waals surface area contributed by atoms with Crippen molar-refractivity contribution in [3.05, 3.63) is 22.8 Å². The second kappa shape index (κ2) is 7.90. The lowest BCUT2D eigenvalue weighted by atomic mass is 10.0. The van der Waals surface area contributed by atoms with E-state index in [9.17, 15) is 14.7 Å². The van der Waals surface area contributed by atoms with Gasteiger partial charge in [-0.2, -0.15) is 5.01 Å². The smallest absolute Gasteiger partial charge is 0.433 e. The van der Waals surface area contributed by atoms with Crippen molar-refractivity contribution in [2.75, 3.05) is 5.01 Å². The monoisotopic (exact) mass is 338 g/mol. The maximum Gasteiger partial charge on any atom is 0.433 e. The van der Waals surface area contributed by atoms with Crippen LogP contribution in [0.3, 0.4) is 0 Å². The van der Waals surface area contributed by atoms with Gasteiger partial charge in [-0.25, -0.2) is 15.0 Å². The largest absolute Gasteiger partial charge is 0.507 e. The second-order valence-electron chi connectivity index (χ2n) is 6.14. The van der Waals surface area contributed by atoms with Gasteiger partial charge in [0.2, 0.25) is 0 Å². The Morgan fingerprint density at radius 3 is 2.08 bits per heavy atom. The number of amides is 2. The number of phenols is 1. The molecule has 134 valence electrons. The number of phenolic OH excluding ortho intramolecular Hbond substituents is 1. The van der Waals surface area contributed by atoms with E-state index in [1.165, 1.54) is 0 Å². The van der Waals surface area contributed by atoms with E-state index in [2.05, 4.69) is 5.43 Å². The van der Waals surface area contributed by atoms with Crippen LogP contribution in [0.15, 0.2) is 6.07 Å². The molecule has 0 saturated carbocycles. The lowest BCUT2D eigenvalue weighted by molar-refractivity contribution is 0.103. The van der Waals surface area contributed by atoms with Crippen molar-refractivity contribution in [2.24, 2.45) is 0 Å². The molecule has 0 saturated heterocycles. The summed E-state index contributed by atoms with van der Waals surface area (Å²) in [6.07, 6.45) is -2.20. The highest BCUT2D eigenvalue weighted by molar-refractivity contribution is 5.92. The maximum atomic E-state index is 12.4. The van der Waals surface area contributed by atoms with Crippen molar-refractivity contribution in [2.45, 2.75) is 60.7 Å². The van der Waals surface area contributed by atoms with E-state index in [0.29, 0.717) is 22.4 Å². The average molecular weight is 338 g/mol. The average Bonchev–Trinajstić information content (AvgIpc) is 2.45. The van der Waals surface area contributed by atoms with Crippen molar-refractivity contribution in [3.8, 4) is 5.75 Å². The number of anilines is 1. The van der Waals surface area contributed by atoms with Crippen LogP contribution in [0, 0.1) is 20.8 Å². The van der Waals surface area contributed by atoms with E-state index in [0.717, 1.165) is 5.01 Å². The highest BCUT2D eigenvalue weighted by Gasteiger charge is 2.25. The van der Waals surface area contributed by atoms with Gasteiger partial charge in [-0.3, -0.25) is 0 Å². The number of ether oxygens (including phenoxy) is 2. The Morgan fingerprint density at radius 2 is 1.58 bits per heavy atom. The Hall–Kier alpha value is -2.44. The van der Waals surface area contributed by atoms with E-state index >= 15 is 0 Å². The molecule has 0 atom stereocenters. The van der Waals surface area contributed by atoms with Crippen molar-refractivity contribution in [3.63, 3.8) is 0 Å². The molecule has 2 amide bonds. The molecule has 7 nitrogen and oxygen atoms in total. The summed E-state index contributed by atoms with van der Waals surface area (Å²) in [4.78, 5) is 24.3. The number of hydrogen-bond acceptors (Lipinski definition) is 5. The minimum Gasteiger partial charge on any atom is -0.507 e. The quantitative estimate of drug-likeness (QED) is 0.820. The van der Waals surface area contributed by atoms with Gasteiger partial charge in [0.25, 0.3) is 0 Å². The van der Waals surface area contributed by atoms with E-state index < -0.39 is 12.2 Å². The van der Waals surface area contributed by atoms with Gasteiger partial charge >= 0.3 is 12.2 Å². The number of benzene rings is 1. The number of rotatable bonds is 3. The summed E-state index contributed by atoms with van der Waals surface area (Å²) in [5.41, 5.74) is 4.65. The van der Waals surface area contributed by atoms with Gasteiger partial charge < -0.3 is 14.6 Å². The van der Waals surface area contributed by atoms with Crippen molar-refractivity contribution in [1.29, 1.82) is 0 Å². The molecule has 1 rings (SSSR count). The highest BCUT2D eigenvalue weighted by Crippen LogP contribution is 2.32. The Morgan fingerprint density at radius 1 is 1.04 bits per heavy atom. The minimum atomic E-state index is -0.770. The fourth-order valence-corrected chi connectivity index (χ4v) is 2.07. The Bertz CT molecular complexity index is 626.